The van der Waals surface area contributed by atoms with Gasteiger partial charge in [0.05, 0.1) is 41.6 Å². The maximum atomic E-state index is 13.3. The molecule has 4 rings (SSSR count). The normalized spacial score (nSPS) is 14.8. The molecular formula is C24H22Cl3N5O5S. The van der Waals surface area contributed by atoms with Crippen LogP contribution < -0.4 is 15.4 Å². The number of amides is 2. The number of nitrogens with one attached hydrogen (secondary N) is 3. The van der Waals surface area contributed by atoms with Crippen molar-refractivity contribution >= 4 is 75.5 Å². The molecule has 3 heterocycles. The SMILES string of the molecule is COCC1CN(Cc2csc(C(=O)Nc3c(OC)cc(Cl)cc3C(=O)Nc3ccc(Cl)cn3)c2Cl)C(=N)O1. The standard InChI is InChI=1S/C24H22Cl3N5O5S/c1-35-10-15-9-32(24(28)37-15)8-12-11-38-21(19(12)27)23(34)31-20-16(5-14(26)6-17(20)36-2)22(33)30-18-4-3-13(25)7-29-18/h3-7,11,15,28H,8-10H2,1-2H3,(H,31,34)(H,29,30,33). The van der Waals surface area contributed by atoms with Gasteiger partial charge in [0.2, 0.25) is 0 Å². The topological polar surface area (TPSA) is 126 Å². The van der Waals surface area contributed by atoms with Crippen molar-refractivity contribution in [3.05, 3.63) is 66.9 Å². The van der Waals surface area contributed by atoms with Crippen LogP contribution in [0.1, 0.15) is 25.6 Å². The molecule has 1 aliphatic heterocycles. The summed E-state index contributed by atoms with van der Waals surface area (Å²) >= 11 is 19.8. The second kappa shape index (κ2) is 12.2. The number of hydrogen-bond donors (Lipinski definition) is 3. The number of ether oxygens (including phenoxy) is 3. The van der Waals surface area contributed by atoms with Gasteiger partial charge in [0.25, 0.3) is 17.8 Å². The Balaban J connectivity index is 1.55. The molecule has 1 atom stereocenters. The van der Waals surface area contributed by atoms with E-state index >= 15 is 0 Å². The van der Waals surface area contributed by atoms with Gasteiger partial charge in [0.15, 0.2) is 0 Å². The number of carbonyl (C=O) groups excluding carboxylic acids is 2. The molecule has 1 saturated heterocycles. The van der Waals surface area contributed by atoms with Crippen LogP contribution in [0.5, 0.6) is 5.75 Å². The molecule has 0 saturated carbocycles. The Morgan fingerprint density at radius 3 is 2.66 bits per heavy atom. The number of halogens is 3. The molecule has 14 heteroatoms. The zero-order valence-corrected chi connectivity index (χ0v) is 23.2. The van der Waals surface area contributed by atoms with E-state index in [0.29, 0.717) is 23.7 Å². The van der Waals surface area contributed by atoms with Gasteiger partial charge in [-0.15, -0.1) is 11.3 Å². The molecule has 0 radical (unpaired) electrons. The lowest BCUT2D eigenvalue weighted by molar-refractivity contribution is 0.0925. The Morgan fingerprint density at radius 1 is 1.18 bits per heavy atom. The second-order valence-corrected chi connectivity index (χ2v) is 10.2. The number of hydrogen-bond acceptors (Lipinski definition) is 8. The van der Waals surface area contributed by atoms with Gasteiger partial charge in [0, 0.05) is 36.5 Å². The molecule has 0 bridgehead atoms. The maximum absolute atomic E-state index is 13.3. The van der Waals surface area contributed by atoms with Crippen LogP contribution >= 0.6 is 46.1 Å². The average Bonchev–Trinajstić information content (AvgIpc) is 3.42. The summed E-state index contributed by atoms with van der Waals surface area (Å²) in [7, 11) is 2.96. The fourth-order valence-corrected chi connectivity index (χ4v) is 5.27. The van der Waals surface area contributed by atoms with Crippen molar-refractivity contribution in [2.24, 2.45) is 0 Å². The van der Waals surface area contributed by atoms with Crippen LogP contribution in [-0.2, 0) is 16.0 Å². The minimum Gasteiger partial charge on any atom is -0.494 e. The van der Waals surface area contributed by atoms with Crippen LogP contribution in [-0.4, -0.2) is 61.2 Å². The van der Waals surface area contributed by atoms with Crippen molar-refractivity contribution in [1.82, 2.24) is 9.88 Å². The van der Waals surface area contributed by atoms with Gasteiger partial charge in [-0.2, -0.15) is 0 Å². The molecule has 1 fully saturated rings. The van der Waals surface area contributed by atoms with E-state index in [0.717, 1.165) is 11.3 Å². The molecule has 3 aromatic rings. The Bertz CT molecular complexity index is 1370. The van der Waals surface area contributed by atoms with Crippen molar-refractivity contribution < 1.29 is 23.8 Å². The summed E-state index contributed by atoms with van der Waals surface area (Å²) in [5, 5.41) is 16.0. The molecular weight excluding hydrogens is 577 g/mol. The van der Waals surface area contributed by atoms with E-state index in [2.05, 4.69) is 15.6 Å². The average molecular weight is 599 g/mol. The fraction of sp³-hybridized carbons (Fsp3) is 0.250. The Hall–Kier alpha value is -3.09. The molecule has 10 nitrogen and oxygen atoms in total. The van der Waals surface area contributed by atoms with E-state index in [-0.39, 0.29) is 56.4 Å². The van der Waals surface area contributed by atoms with E-state index in [1.54, 1.807) is 23.5 Å². The first-order chi connectivity index (χ1) is 18.2. The lowest BCUT2D eigenvalue weighted by Gasteiger charge is -2.16. The first kappa shape index (κ1) is 27.9. The van der Waals surface area contributed by atoms with Gasteiger partial charge < -0.3 is 29.7 Å². The van der Waals surface area contributed by atoms with Crippen molar-refractivity contribution in [2.45, 2.75) is 12.6 Å². The van der Waals surface area contributed by atoms with Crippen LogP contribution in [0.2, 0.25) is 15.1 Å². The molecule has 0 spiro atoms. The van der Waals surface area contributed by atoms with Gasteiger partial charge in [-0.3, -0.25) is 15.0 Å². The largest absolute Gasteiger partial charge is 0.494 e. The van der Waals surface area contributed by atoms with E-state index in [1.807, 2.05) is 0 Å². The number of anilines is 2. The minimum absolute atomic E-state index is 0.0112. The summed E-state index contributed by atoms with van der Waals surface area (Å²) in [5.74, 6) is -0.687. The van der Waals surface area contributed by atoms with E-state index < -0.39 is 11.8 Å². The predicted octanol–water partition coefficient (Wildman–Crippen LogP) is 5.40. The highest BCUT2D eigenvalue weighted by Gasteiger charge is 2.30. The van der Waals surface area contributed by atoms with Crippen LogP contribution in [0.15, 0.2) is 35.8 Å². The number of pyridine rings is 1. The second-order valence-electron chi connectivity index (χ2n) is 8.09. The monoisotopic (exact) mass is 597 g/mol. The van der Waals surface area contributed by atoms with Crippen molar-refractivity contribution in [1.29, 1.82) is 5.41 Å². The van der Waals surface area contributed by atoms with E-state index in [1.165, 1.54) is 31.5 Å². The highest BCUT2D eigenvalue weighted by atomic mass is 35.5. The Labute approximate surface area is 237 Å². The zero-order valence-electron chi connectivity index (χ0n) is 20.1. The summed E-state index contributed by atoms with van der Waals surface area (Å²) in [6, 6.07) is 6.01. The molecule has 1 unspecified atom stereocenters. The zero-order chi connectivity index (χ0) is 27.4. The molecule has 200 valence electrons. The third kappa shape index (κ3) is 6.30. The van der Waals surface area contributed by atoms with Gasteiger partial charge in [-0.1, -0.05) is 34.8 Å². The first-order valence-corrected chi connectivity index (χ1v) is 13.1. The lowest BCUT2D eigenvalue weighted by atomic mass is 10.1. The number of thiophene rings is 1. The van der Waals surface area contributed by atoms with E-state index in [9.17, 15) is 9.59 Å². The first-order valence-electron chi connectivity index (χ1n) is 11.1. The number of methoxy groups -OCH3 is 2. The van der Waals surface area contributed by atoms with Gasteiger partial charge in [-0.05, 0) is 23.6 Å². The number of amidine groups is 1. The summed E-state index contributed by atoms with van der Waals surface area (Å²) in [6.45, 7) is 1.10. The quantitative estimate of drug-likeness (QED) is 0.301. The third-order valence-electron chi connectivity index (χ3n) is 5.45. The maximum Gasteiger partial charge on any atom is 0.285 e. The molecule has 38 heavy (non-hydrogen) atoms. The van der Waals surface area contributed by atoms with Gasteiger partial charge >= 0.3 is 0 Å². The van der Waals surface area contributed by atoms with Crippen LogP contribution in [0.3, 0.4) is 0 Å². The summed E-state index contributed by atoms with van der Waals surface area (Å²) in [6.07, 6.45) is 1.14. The lowest BCUT2D eigenvalue weighted by Crippen LogP contribution is -2.26. The number of benzene rings is 1. The van der Waals surface area contributed by atoms with Gasteiger partial charge in [-0.25, -0.2) is 4.98 Å². The van der Waals surface area contributed by atoms with Crippen LogP contribution in [0, 0.1) is 5.41 Å². The van der Waals surface area contributed by atoms with Gasteiger partial charge in [0.1, 0.15) is 22.5 Å². The highest BCUT2D eigenvalue weighted by molar-refractivity contribution is 7.13. The molecule has 2 amide bonds. The summed E-state index contributed by atoms with van der Waals surface area (Å²) < 4.78 is 16.0. The third-order valence-corrected chi connectivity index (χ3v) is 7.46. The molecule has 2 aromatic heterocycles. The molecule has 0 aliphatic carbocycles. The highest BCUT2D eigenvalue weighted by Crippen LogP contribution is 2.36. The van der Waals surface area contributed by atoms with Crippen LogP contribution in [0.25, 0.3) is 0 Å². The van der Waals surface area contributed by atoms with Crippen LogP contribution in [0.4, 0.5) is 11.5 Å². The fourth-order valence-electron chi connectivity index (χ4n) is 3.71. The molecule has 1 aromatic carbocycles. The molecule has 1 aliphatic rings. The number of nitrogens with zero attached hydrogens (tertiary/aromatic N) is 2. The Kier molecular flexibility index (Phi) is 8.95. The minimum atomic E-state index is -0.577. The number of carbonyl (C=O) groups is 2. The smallest absolute Gasteiger partial charge is 0.285 e. The molecule has 3 N–H and O–H groups in total. The van der Waals surface area contributed by atoms with Crippen molar-refractivity contribution in [3.63, 3.8) is 0 Å². The predicted molar refractivity (Wildman–Crippen MR) is 147 cm³/mol. The number of rotatable bonds is 9. The number of aromatic nitrogens is 1. The Morgan fingerprint density at radius 2 is 1.97 bits per heavy atom. The summed E-state index contributed by atoms with van der Waals surface area (Å²) in [5.41, 5.74) is 0.818. The van der Waals surface area contributed by atoms with E-state index in [4.69, 9.17) is 54.4 Å². The van der Waals surface area contributed by atoms with Crippen molar-refractivity contribution in [3.8, 4) is 5.75 Å². The van der Waals surface area contributed by atoms with Crippen molar-refractivity contribution in [2.75, 3.05) is 38.0 Å². The summed E-state index contributed by atoms with van der Waals surface area (Å²) in [4.78, 5) is 32.4.